The molecular weight excluding hydrogens is 276 g/mol. The summed E-state index contributed by atoms with van der Waals surface area (Å²) in [7, 11) is 0. The Hall–Kier alpha value is -2.95. The molecule has 0 saturated carbocycles. The van der Waals surface area contributed by atoms with E-state index in [0.717, 1.165) is 17.8 Å². The van der Waals surface area contributed by atoms with E-state index in [2.05, 4.69) is 16.3 Å². The number of hydrogen-bond donors (Lipinski definition) is 0. The Labute approximate surface area is 127 Å². The molecule has 0 unspecified atom stereocenters. The number of para-hydroxylation sites is 2. The molecule has 22 heavy (non-hydrogen) atoms. The quantitative estimate of drug-likeness (QED) is 0.728. The van der Waals surface area contributed by atoms with Crippen LogP contribution in [0.3, 0.4) is 0 Å². The maximum Gasteiger partial charge on any atom is 0.280 e. The number of amides is 1. The minimum atomic E-state index is -0.105. The van der Waals surface area contributed by atoms with Gasteiger partial charge in [-0.15, -0.1) is 5.10 Å². The highest BCUT2D eigenvalue weighted by atomic mass is 16.2. The Morgan fingerprint density at radius 1 is 1.00 bits per heavy atom. The third kappa shape index (κ3) is 2.07. The molecule has 1 aliphatic rings. The summed E-state index contributed by atoms with van der Waals surface area (Å²) < 4.78 is 0. The van der Waals surface area contributed by atoms with Gasteiger partial charge in [0, 0.05) is 12.2 Å². The fourth-order valence-corrected chi connectivity index (χ4v) is 2.73. The number of anilines is 1. The van der Waals surface area contributed by atoms with Gasteiger partial charge in [-0.25, -0.2) is 0 Å². The van der Waals surface area contributed by atoms with E-state index in [9.17, 15) is 4.79 Å². The summed E-state index contributed by atoms with van der Waals surface area (Å²) in [4.78, 5) is 15.9. The second-order valence-electron chi connectivity index (χ2n) is 5.19. The molecule has 1 aliphatic heterocycles. The largest absolute Gasteiger partial charge is 0.306 e. The van der Waals surface area contributed by atoms with Gasteiger partial charge in [0.2, 0.25) is 0 Å². The molecule has 108 valence electrons. The molecule has 0 atom stereocenters. The fourth-order valence-electron chi connectivity index (χ4n) is 2.73. The van der Waals surface area contributed by atoms with E-state index < -0.39 is 0 Å². The monoisotopic (exact) mass is 290 g/mol. The summed E-state index contributed by atoms with van der Waals surface area (Å²) in [5.41, 5.74) is 3.37. The zero-order valence-electron chi connectivity index (χ0n) is 11.9. The number of nitrogens with zero attached hydrogens (tertiary/aromatic N) is 4. The maximum atomic E-state index is 12.7. The topological polar surface area (TPSA) is 51.0 Å². The molecule has 0 radical (unpaired) electrons. The van der Waals surface area contributed by atoms with Crippen LogP contribution in [0.25, 0.3) is 5.69 Å². The van der Waals surface area contributed by atoms with E-state index in [1.54, 1.807) is 4.90 Å². The van der Waals surface area contributed by atoms with Crippen molar-refractivity contribution in [3.63, 3.8) is 0 Å². The van der Waals surface area contributed by atoms with Gasteiger partial charge >= 0.3 is 0 Å². The first-order chi connectivity index (χ1) is 10.8. The van der Waals surface area contributed by atoms with Crippen molar-refractivity contribution in [1.82, 2.24) is 15.0 Å². The van der Waals surface area contributed by atoms with Crippen LogP contribution in [-0.2, 0) is 6.42 Å². The molecule has 0 N–H and O–H groups in total. The Morgan fingerprint density at radius 3 is 2.64 bits per heavy atom. The van der Waals surface area contributed by atoms with Crippen molar-refractivity contribution < 1.29 is 4.79 Å². The van der Waals surface area contributed by atoms with Gasteiger partial charge in [0.15, 0.2) is 5.69 Å². The average Bonchev–Trinajstić information content (AvgIpc) is 3.22. The third-order valence-electron chi connectivity index (χ3n) is 3.83. The van der Waals surface area contributed by atoms with E-state index in [1.807, 2.05) is 48.5 Å². The highest BCUT2D eigenvalue weighted by molar-refractivity contribution is 6.05. The zero-order chi connectivity index (χ0) is 14.9. The SMILES string of the molecule is O=C(c1cnn(-c2ccccc2)n1)N1CCc2ccccc21. The number of aromatic nitrogens is 3. The van der Waals surface area contributed by atoms with E-state index in [0.29, 0.717) is 12.2 Å². The van der Waals surface area contributed by atoms with Gasteiger partial charge < -0.3 is 4.90 Å². The number of carbonyl (C=O) groups excluding carboxylic acids is 1. The summed E-state index contributed by atoms with van der Waals surface area (Å²) in [6, 6.07) is 17.5. The van der Waals surface area contributed by atoms with Gasteiger partial charge in [0.05, 0.1) is 11.9 Å². The minimum Gasteiger partial charge on any atom is -0.306 e. The lowest BCUT2D eigenvalue weighted by atomic mass is 10.2. The first-order valence-electron chi connectivity index (χ1n) is 7.20. The van der Waals surface area contributed by atoms with Crippen LogP contribution < -0.4 is 4.90 Å². The molecule has 0 saturated heterocycles. The smallest absolute Gasteiger partial charge is 0.280 e. The summed E-state index contributed by atoms with van der Waals surface area (Å²) >= 11 is 0. The fraction of sp³-hybridized carbons (Fsp3) is 0.118. The molecule has 1 amide bonds. The number of hydrogen-bond acceptors (Lipinski definition) is 3. The molecule has 0 fully saturated rings. The normalized spacial score (nSPS) is 13.2. The lowest BCUT2D eigenvalue weighted by molar-refractivity contribution is 0.0984. The van der Waals surface area contributed by atoms with Gasteiger partial charge in [-0.05, 0) is 30.2 Å². The highest BCUT2D eigenvalue weighted by Crippen LogP contribution is 2.28. The molecule has 0 bridgehead atoms. The van der Waals surface area contributed by atoms with Crippen molar-refractivity contribution in [1.29, 1.82) is 0 Å². The van der Waals surface area contributed by atoms with Crippen LogP contribution in [0.1, 0.15) is 16.1 Å². The summed E-state index contributed by atoms with van der Waals surface area (Å²) in [6.07, 6.45) is 2.41. The highest BCUT2D eigenvalue weighted by Gasteiger charge is 2.26. The van der Waals surface area contributed by atoms with Crippen molar-refractivity contribution in [3.8, 4) is 5.69 Å². The van der Waals surface area contributed by atoms with Crippen LogP contribution in [0.2, 0.25) is 0 Å². The Kier molecular flexibility index (Phi) is 2.96. The van der Waals surface area contributed by atoms with Gasteiger partial charge in [-0.3, -0.25) is 4.79 Å². The Bertz CT molecular complexity index is 825. The molecule has 2 heterocycles. The zero-order valence-corrected chi connectivity index (χ0v) is 11.9. The molecule has 0 aliphatic carbocycles. The van der Waals surface area contributed by atoms with Crippen LogP contribution >= 0.6 is 0 Å². The molecule has 0 spiro atoms. The Morgan fingerprint density at radius 2 is 1.77 bits per heavy atom. The molecule has 2 aromatic carbocycles. The van der Waals surface area contributed by atoms with Crippen LogP contribution in [0.4, 0.5) is 5.69 Å². The number of benzene rings is 2. The van der Waals surface area contributed by atoms with Crippen molar-refractivity contribution in [3.05, 3.63) is 72.1 Å². The molecular formula is C17H14N4O. The Balaban J connectivity index is 1.64. The van der Waals surface area contributed by atoms with Crippen LogP contribution in [0.15, 0.2) is 60.8 Å². The summed E-state index contributed by atoms with van der Waals surface area (Å²) in [5.74, 6) is -0.105. The molecule has 4 rings (SSSR count). The van der Waals surface area contributed by atoms with Crippen molar-refractivity contribution in [2.45, 2.75) is 6.42 Å². The minimum absolute atomic E-state index is 0.105. The summed E-state index contributed by atoms with van der Waals surface area (Å²) in [6.45, 7) is 0.691. The second kappa shape index (κ2) is 5.11. The first kappa shape index (κ1) is 12.8. The lowest BCUT2D eigenvalue weighted by Crippen LogP contribution is -2.29. The maximum absolute atomic E-state index is 12.7. The standard InChI is InChI=1S/C17H14N4O/c22-17(20-11-10-13-6-4-5-9-16(13)20)15-12-18-21(19-15)14-7-2-1-3-8-14/h1-9,12H,10-11H2. The summed E-state index contributed by atoms with van der Waals surface area (Å²) in [5, 5.41) is 8.51. The number of fused-ring (bicyclic) bond motifs is 1. The van der Waals surface area contributed by atoms with Crippen molar-refractivity contribution in [2.75, 3.05) is 11.4 Å². The lowest BCUT2D eigenvalue weighted by Gasteiger charge is -2.15. The van der Waals surface area contributed by atoms with Gasteiger partial charge in [0.25, 0.3) is 5.91 Å². The first-order valence-corrected chi connectivity index (χ1v) is 7.20. The van der Waals surface area contributed by atoms with E-state index in [4.69, 9.17) is 0 Å². The predicted molar refractivity (Wildman–Crippen MR) is 83.2 cm³/mol. The van der Waals surface area contributed by atoms with E-state index in [-0.39, 0.29) is 5.91 Å². The number of carbonyl (C=O) groups is 1. The third-order valence-corrected chi connectivity index (χ3v) is 3.83. The van der Waals surface area contributed by atoms with Crippen LogP contribution in [0, 0.1) is 0 Å². The van der Waals surface area contributed by atoms with E-state index >= 15 is 0 Å². The molecule has 1 aromatic heterocycles. The van der Waals surface area contributed by atoms with Gasteiger partial charge in [-0.2, -0.15) is 9.90 Å². The van der Waals surface area contributed by atoms with E-state index in [1.165, 1.54) is 16.6 Å². The van der Waals surface area contributed by atoms with Crippen LogP contribution in [-0.4, -0.2) is 27.4 Å². The van der Waals surface area contributed by atoms with Gasteiger partial charge in [-0.1, -0.05) is 36.4 Å². The molecule has 5 heteroatoms. The number of rotatable bonds is 2. The average molecular weight is 290 g/mol. The van der Waals surface area contributed by atoms with Crippen molar-refractivity contribution >= 4 is 11.6 Å². The van der Waals surface area contributed by atoms with Crippen LogP contribution in [0.5, 0.6) is 0 Å². The molecule has 5 nitrogen and oxygen atoms in total. The second-order valence-corrected chi connectivity index (χ2v) is 5.19. The molecule has 3 aromatic rings. The van der Waals surface area contributed by atoms with Crippen molar-refractivity contribution in [2.24, 2.45) is 0 Å². The predicted octanol–water partition coefficient (Wildman–Crippen LogP) is 2.47. The van der Waals surface area contributed by atoms with Gasteiger partial charge in [0.1, 0.15) is 0 Å².